The summed E-state index contributed by atoms with van der Waals surface area (Å²) in [6.07, 6.45) is 0. The van der Waals surface area contributed by atoms with Gasteiger partial charge in [-0.3, -0.25) is 9.69 Å². The van der Waals surface area contributed by atoms with E-state index in [0.29, 0.717) is 23.4 Å². The van der Waals surface area contributed by atoms with Gasteiger partial charge < -0.3 is 5.32 Å². The highest BCUT2D eigenvalue weighted by atomic mass is 19.1. The van der Waals surface area contributed by atoms with E-state index in [1.807, 2.05) is 6.92 Å². The van der Waals surface area contributed by atoms with Crippen LogP contribution in [0.5, 0.6) is 0 Å². The average Bonchev–Trinajstić information content (AvgIpc) is 2.37. The Morgan fingerprint density at radius 3 is 2.70 bits per heavy atom. The van der Waals surface area contributed by atoms with E-state index in [9.17, 15) is 14.0 Å². The molecule has 0 bridgehead atoms. The highest BCUT2D eigenvalue weighted by Gasteiger charge is 2.33. The number of Topliss-reactive ketones (excluding diaryl/α,β-unsaturated/α-hetero) is 1. The quantitative estimate of drug-likeness (QED) is 0.922. The molecule has 0 aromatic heterocycles. The predicted octanol–water partition coefficient (Wildman–Crippen LogP) is 2.77. The molecule has 0 saturated heterocycles. The maximum Gasteiger partial charge on any atom is 0.322 e. The number of benzene rings is 1. The van der Waals surface area contributed by atoms with E-state index in [1.165, 1.54) is 24.0 Å². The molecule has 106 valence electrons. The summed E-state index contributed by atoms with van der Waals surface area (Å²) in [5, 5.41) is 2.76. The molecule has 0 fully saturated rings. The third-order valence-electron chi connectivity index (χ3n) is 3.47. The largest absolute Gasteiger partial charge is 0.327 e. The summed E-state index contributed by atoms with van der Waals surface area (Å²) in [7, 11) is 0. The second-order valence-electron chi connectivity index (χ2n) is 4.74. The number of rotatable bonds is 3. The minimum absolute atomic E-state index is 0.129. The van der Waals surface area contributed by atoms with E-state index in [0.717, 1.165) is 0 Å². The maximum atomic E-state index is 13.4. The van der Waals surface area contributed by atoms with Crippen LogP contribution >= 0.6 is 0 Å². The molecule has 1 atom stereocenters. The summed E-state index contributed by atoms with van der Waals surface area (Å²) < 4.78 is 13.4. The lowest BCUT2D eigenvalue weighted by Crippen LogP contribution is -2.47. The molecule has 1 N–H and O–H groups in total. The van der Waals surface area contributed by atoms with E-state index in [2.05, 4.69) is 5.32 Å². The molecule has 0 radical (unpaired) electrons. The number of carbonyl (C=O) groups is 2. The molecule has 1 aliphatic heterocycles. The molecule has 0 unspecified atom stereocenters. The summed E-state index contributed by atoms with van der Waals surface area (Å²) in [5.41, 5.74) is 1.69. The monoisotopic (exact) mass is 276 g/mol. The Bertz CT molecular complexity index is 595. The standard InChI is InChI=1S/C15H17FN2O2/c1-4-18-9(2)13(10(3)19)14(17-15(18)20)11-6-5-7-12(16)8-11/h5-8,14H,4H2,1-3H3,(H,17,20)/t14-/m0/s1. The fourth-order valence-electron chi connectivity index (χ4n) is 2.56. The molecule has 2 rings (SSSR count). The fraction of sp³-hybridized carbons (Fsp3) is 0.333. The molecular formula is C15H17FN2O2. The summed E-state index contributed by atoms with van der Waals surface area (Å²) in [6, 6.07) is 5.06. The van der Waals surface area contributed by atoms with Gasteiger partial charge in [0.15, 0.2) is 5.78 Å². The Hall–Kier alpha value is -2.17. The van der Waals surface area contributed by atoms with Gasteiger partial charge in [-0.1, -0.05) is 12.1 Å². The molecule has 0 spiro atoms. The van der Waals surface area contributed by atoms with Crippen LogP contribution in [-0.4, -0.2) is 23.3 Å². The van der Waals surface area contributed by atoms with E-state index < -0.39 is 11.9 Å². The number of urea groups is 1. The lowest BCUT2D eigenvalue weighted by Gasteiger charge is -2.35. The first-order chi connectivity index (χ1) is 9.45. The molecule has 1 aliphatic rings. The average molecular weight is 276 g/mol. The number of amides is 2. The van der Waals surface area contributed by atoms with Crippen LogP contribution < -0.4 is 5.32 Å². The number of nitrogens with one attached hydrogen (secondary N) is 1. The Morgan fingerprint density at radius 1 is 1.45 bits per heavy atom. The van der Waals surface area contributed by atoms with Crippen LogP contribution in [0.4, 0.5) is 9.18 Å². The van der Waals surface area contributed by atoms with Crippen LogP contribution in [0.2, 0.25) is 0 Å². The summed E-state index contributed by atoms with van der Waals surface area (Å²) in [5.74, 6) is -0.523. The van der Waals surface area contributed by atoms with Gasteiger partial charge in [0.1, 0.15) is 5.82 Å². The van der Waals surface area contributed by atoms with Crippen molar-refractivity contribution in [3.05, 3.63) is 46.9 Å². The molecule has 2 amide bonds. The van der Waals surface area contributed by atoms with Gasteiger partial charge in [-0.15, -0.1) is 0 Å². The third kappa shape index (κ3) is 2.43. The van der Waals surface area contributed by atoms with Crippen molar-refractivity contribution in [1.29, 1.82) is 0 Å². The van der Waals surface area contributed by atoms with Gasteiger partial charge >= 0.3 is 6.03 Å². The van der Waals surface area contributed by atoms with E-state index in [1.54, 1.807) is 19.1 Å². The molecule has 1 heterocycles. The van der Waals surface area contributed by atoms with Crippen LogP contribution in [-0.2, 0) is 4.79 Å². The highest BCUT2D eigenvalue weighted by Crippen LogP contribution is 2.30. The number of nitrogens with zero attached hydrogens (tertiary/aromatic N) is 1. The van der Waals surface area contributed by atoms with Crippen LogP contribution in [0.25, 0.3) is 0 Å². The minimum atomic E-state index is -0.599. The van der Waals surface area contributed by atoms with Crippen molar-refractivity contribution in [1.82, 2.24) is 10.2 Å². The third-order valence-corrected chi connectivity index (χ3v) is 3.47. The van der Waals surface area contributed by atoms with Gasteiger partial charge in [0.05, 0.1) is 6.04 Å². The van der Waals surface area contributed by atoms with Gasteiger partial charge in [-0.05, 0) is 38.5 Å². The summed E-state index contributed by atoms with van der Waals surface area (Å²) >= 11 is 0. The Kier molecular flexibility index (Phi) is 3.88. The number of hydrogen-bond acceptors (Lipinski definition) is 2. The van der Waals surface area contributed by atoms with Crippen LogP contribution in [0.3, 0.4) is 0 Å². The first kappa shape index (κ1) is 14.2. The Balaban J connectivity index is 2.55. The molecule has 0 saturated carbocycles. The first-order valence-corrected chi connectivity index (χ1v) is 6.51. The lowest BCUT2D eigenvalue weighted by molar-refractivity contribution is -0.114. The van der Waals surface area contributed by atoms with E-state index in [4.69, 9.17) is 0 Å². The highest BCUT2D eigenvalue weighted by molar-refractivity contribution is 5.98. The zero-order valence-corrected chi connectivity index (χ0v) is 11.7. The predicted molar refractivity (Wildman–Crippen MR) is 73.4 cm³/mol. The van der Waals surface area contributed by atoms with Crippen LogP contribution in [0, 0.1) is 5.82 Å². The van der Waals surface area contributed by atoms with Gasteiger partial charge in [0.25, 0.3) is 0 Å². The number of halogens is 1. The molecule has 1 aromatic rings. The maximum absolute atomic E-state index is 13.4. The van der Waals surface area contributed by atoms with E-state index >= 15 is 0 Å². The van der Waals surface area contributed by atoms with E-state index in [-0.39, 0.29) is 11.8 Å². The molecule has 0 aliphatic carbocycles. The molecular weight excluding hydrogens is 259 g/mol. The second kappa shape index (κ2) is 5.45. The Morgan fingerprint density at radius 2 is 2.15 bits per heavy atom. The number of allylic oxidation sites excluding steroid dienone is 1. The lowest BCUT2D eigenvalue weighted by atomic mass is 9.92. The number of carbonyl (C=O) groups excluding carboxylic acids is 2. The van der Waals surface area contributed by atoms with Crippen molar-refractivity contribution in [3.8, 4) is 0 Å². The summed E-state index contributed by atoms with van der Waals surface area (Å²) in [4.78, 5) is 25.5. The van der Waals surface area contributed by atoms with Gasteiger partial charge in [0.2, 0.25) is 0 Å². The smallest absolute Gasteiger partial charge is 0.322 e. The number of ketones is 1. The molecule has 1 aromatic carbocycles. The van der Waals surface area contributed by atoms with Crippen LogP contribution in [0.1, 0.15) is 32.4 Å². The van der Waals surface area contributed by atoms with Crippen molar-refractivity contribution in [2.45, 2.75) is 26.8 Å². The molecule has 20 heavy (non-hydrogen) atoms. The second-order valence-corrected chi connectivity index (χ2v) is 4.74. The van der Waals surface area contributed by atoms with Crippen molar-refractivity contribution < 1.29 is 14.0 Å². The van der Waals surface area contributed by atoms with Crippen molar-refractivity contribution in [2.75, 3.05) is 6.54 Å². The Labute approximate surface area is 117 Å². The van der Waals surface area contributed by atoms with Gasteiger partial charge in [-0.25, -0.2) is 9.18 Å². The number of hydrogen-bond donors (Lipinski definition) is 1. The van der Waals surface area contributed by atoms with Crippen LogP contribution in [0.15, 0.2) is 35.5 Å². The van der Waals surface area contributed by atoms with Crippen molar-refractivity contribution >= 4 is 11.8 Å². The fourth-order valence-corrected chi connectivity index (χ4v) is 2.56. The topological polar surface area (TPSA) is 49.4 Å². The SMILES string of the molecule is CCN1C(=O)N[C@@H](c2cccc(F)c2)C(C(C)=O)=C1C. The first-order valence-electron chi connectivity index (χ1n) is 6.51. The zero-order chi connectivity index (χ0) is 14.9. The van der Waals surface area contributed by atoms with Gasteiger partial charge in [-0.2, -0.15) is 0 Å². The van der Waals surface area contributed by atoms with Gasteiger partial charge in [0, 0.05) is 17.8 Å². The zero-order valence-electron chi connectivity index (χ0n) is 11.7. The van der Waals surface area contributed by atoms with Crippen molar-refractivity contribution in [3.63, 3.8) is 0 Å². The minimum Gasteiger partial charge on any atom is -0.327 e. The normalized spacial score (nSPS) is 19.1. The molecule has 4 nitrogen and oxygen atoms in total. The molecule has 5 heteroatoms. The summed E-state index contributed by atoms with van der Waals surface area (Å²) in [6.45, 7) is 5.51. The van der Waals surface area contributed by atoms with Crippen molar-refractivity contribution in [2.24, 2.45) is 0 Å².